The van der Waals surface area contributed by atoms with Gasteiger partial charge in [0.2, 0.25) is 0 Å². The fraction of sp³-hybridized carbons (Fsp3) is 0.750. The molecule has 1 rings (SSSR count). The van der Waals surface area contributed by atoms with E-state index in [-0.39, 0.29) is 5.97 Å². The van der Waals surface area contributed by atoms with Gasteiger partial charge in [-0.05, 0) is 30.7 Å². The molecule has 9 heteroatoms. The van der Waals surface area contributed by atoms with E-state index in [1.807, 2.05) is 12.1 Å². The zero-order valence-electron chi connectivity index (χ0n) is 22.8. The van der Waals surface area contributed by atoms with Crippen LogP contribution in [-0.2, 0) is 33.2 Å². The van der Waals surface area contributed by atoms with Crippen molar-refractivity contribution < 1.29 is 38.0 Å². The molecule has 0 saturated heterocycles. The minimum atomic E-state index is -0.137. The van der Waals surface area contributed by atoms with E-state index in [1.165, 1.54) is 32.1 Å². The first kappa shape index (κ1) is 33.1. The van der Waals surface area contributed by atoms with Crippen molar-refractivity contribution in [2.24, 2.45) is 0 Å². The van der Waals surface area contributed by atoms with Gasteiger partial charge in [0.05, 0.1) is 66.1 Å². The second kappa shape index (κ2) is 25.7. The maximum atomic E-state index is 11.7. The van der Waals surface area contributed by atoms with Gasteiger partial charge >= 0.3 is 5.97 Å². The largest absolute Gasteiger partial charge is 0.491 e. The molecule has 0 amide bonds. The number of hydrogen-bond donors (Lipinski definition) is 1. The molecule has 0 aromatic heterocycles. The number of ether oxygens (including phenoxy) is 7. The van der Waals surface area contributed by atoms with Gasteiger partial charge in [0.25, 0.3) is 0 Å². The summed E-state index contributed by atoms with van der Waals surface area (Å²) in [5, 5.41) is 0. The van der Waals surface area contributed by atoms with Crippen LogP contribution in [0, 0.1) is 0 Å². The van der Waals surface area contributed by atoms with Crippen LogP contribution in [-0.4, -0.2) is 85.3 Å². The van der Waals surface area contributed by atoms with Gasteiger partial charge in [0.1, 0.15) is 19.0 Å². The molecule has 0 saturated carbocycles. The van der Waals surface area contributed by atoms with E-state index in [0.29, 0.717) is 91.4 Å². The molecule has 0 bridgehead atoms. The van der Waals surface area contributed by atoms with Crippen LogP contribution in [0.2, 0.25) is 0 Å². The molecule has 1 aromatic rings. The monoisotopic (exact) mass is 527 g/mol. The van der Waals surface area contributed by atoms with E-state index >= 15 is 0 Å². The highest BCUT2D eigenvalue weighted by molar-refractivity contribution is 5.69. The SMILES string of the molecule is CCCCCCCCCC(=O)OCCOCCOCCOCCOCCOCCOc1ccc(N)cc1. The Hall–Kier alpha value is -1.91. The number of esters is 1. The maximum absolute atomic E-state index is 11.7. The van der Waals surface area contributed by atoms with Crippen molar-refractivity contribution >= 4 is 11.7 Å². The summed E-state index contributed by atoms with van der Waals surface area (Å²) in [7, 11) is 0. The fourth-order valence-corrected chi connectivity index (χ4v) is 3.28. The van der Waals surface area contributed by atoms with Crippen molar-refractivity contribution in [3.05, 3.63) is 24.3 Å². The Labute approximate surface area is 223 Å². The van der Waals surface area contributed by atoms with Gasteiger partial charge in [0.15, 0.2) is 0 Å². The molecule has 9 nitrogen and oxygen atoms in total. The normalized spacial score (nSPS) is 11.1. The molecule has 0 aliphatic rings. The molecule has 1 aromatic carbocycles. The van der Waals surface area contributed by atoms with Crippen LogP contribution in [0.3, 0.4) is 0 Å². The maximum Gasteiger partial charge on any atom is 0.305 e. The van der Waals surface area contributed by atoms with E-state index in [2.05, 4.69) is 6.92 Å². The lowest BCUT2D eigenvalue weighted by Crippen LogP contribution is -2.15. The predicted octanol–water partition coefficient (Wildman–Crippen LogP) is 4.41. The number of hydrogen-bond acceptors (Lipinski definition) is 9. The van der Waals surface area contributed by atoms with Gasteiger partial charge in [-0.1, -0.05) is 45.4 Å². The highest BCUT2D eigenvalue weighted by Gasteiger charge is 2.02. The molecule has 0 aliphatic carbocycles. The molecule has 0 spiro atoms. The Kier molecular flexibility index (Phi) is 23.0. The van der Waals surface area contributed by atoms with Crippen molar-refractivity contribution in [3.8, 4) is 5.75 Å². The summed E-state index contributed by atoms with van der Waals surface area (Å²) in [5.41, 5.74) is 6.34. The first-order valence-electron chi connectivity index (χ1n) is 13.7. The number of benzene rings is 1. The first-order valence-corrected chi connectivity index (χ1v) is 13.7. The Morgan fingerprint density at radius 1 is 0.595 bits per heavy atom. The number of anilines is 1. The van der Waals surface area contributed by atoms with Crippen LogP contribution in [0.15, 0.2) is 24.3 Å². The third-order valence-corrected chi connectivity index (χ3v) is 5.34. The van der Waals surface area contributed by atoms with Crippen molar-refractivity contribution in [1.82, 2.24) is 0 Å². The molecule has 2 N–H and O–H groups in total. The second-order valence-corrected chi connectivity index (χ2v) is 8.57. The van der Waals surface area contributed by atoms with Crippen molar-refractivity contribution in [3.63, 3.8) is 0 Å². The number of nitrogens with two attached hydrogens (primary N) is 1. The van der Waals surface area contributed by atoms with Gasteiger partial charge < -0.3 is 38.9 Å². The molecule has 0 fully saturated rings. The molecule has 0 radical (unpaired) electrons. The molecule has 214 valence electrons. The standard InChI is InChI=1S/C28H49NO8/c1-2-3-4-5-6-7-8-9-28(30)37-25-23-35-21-19-33-17-15-31-14-16-32-18-20-34-22-24-36-27-12-10-26(29)11-13-27/h10-13H,2-9,14-25,29H2,1H3. The van der Waals surface area contributed by atoms with Crippen LogP contribution in [0.25, 0.3) is 0 Å². The van der Waals surface area contributed by atoms with E-state index in [1.54, 1.807) is 12.1 Å². The summed E-state index contributed by atoms with van der Waals surface area (Å²) in [6.45, 7) is 7.82. The van der Waals surface area contributed by atoms with Crippen LogP contribution in [0.4, 0.5) is 5.69 Å². The summed E-state index contributed by atoms with van der Waals surface area (Å²) >= 11 is 0. The number of nitrogen functional groups attached to an aromatic ring is 1. The van der Waals surface area contributed by atoms with Crippen LogP contribution >= 0.6 is 0 Å². The zero-order valence-corrected chi connectivity index (χ0v) is 22.8. The van der Waals surface area contributed by atoms with Gasteiger partial charge in [-0.25, -0.2) is 0 Å². The third-order valence-electron chi connectivity index (χ3n) is 5.34. The van der Waals surface area contributed by atoms with Crippen molar-refractivity contribution in [2.45, 2.75) is 58.3 Å². The molecule has 0 aliphatic heterocycles. The van der Waals surface area contributed by atoms with E-state index < -0.39 is 0 Å². The molecule has 0 heterocycles. The average Bonchev–Trinajstić information content (AvgIpc) is 2.90. The minimum absolute atomic E-state index is 0.137. The lowest BCUT2D eigenvalue weighted by molar-refractivity contribution is -0.145. The Morgan fingerprint density at radius 3 is 1.54 bits per heavy atom. The summed E-state index contributed by atoms with van der Waals surface area (Å²) in [6, 6.07) is 7.26. The van der Waals surface area contributed by atoms with Crippen LogP contribution < -0.4 is 10.5 Å². The Morgan fingerprint density at radius 2 is 1.03 bits per heavy atom. The quantitative estimate of drug-likeness (QED) is 0.101. The molecular formula is C28H49NO8. The van der Waals surface area contributed by atoms with E-state index in [0.717, 1.165) is 18.6 Å². The number of carbonyl (C=O) groups is 1. The third kappa shape index (κ3) is 23.0. The zero-order chi connectivity index (χ0) is 26.7. The van der Waals surface area contributed by atoms with Gasteiger partial charge in [-0.2, -0.15) is 0 Å². The van der Waals surface area contributed by atoms with Gasteiger partial charge in [0, 0.05) is 12.1 Å². The Balaban J connectivity index is 1.70. The molecule has 0 atom stereocenters. The molecular weight excluding hydrogens is 478 g/mol. The lowest BCUT2D eigenvalue weighted by Gasteiger charge is -2.09. The highest BCUT2D eigenvalue weighted by Crippen LogP contribution is 2.12. The highest BCUT2D eigenvalue weighted by atomic mass is 16.6. The number of unbranched alkanes of at least 4 members (excludes halogenated alkanes) is 6. The summed E-state index contributed by atoms with van der Waals surface area (Å²) < 4.78 is 37.9. The number of rotatable bonds is 27. The van der Waals surface area contributed by atoms with Gasteiger partial charge in [-0.15, -0.1) is 0 Å². The minimum Gasteiger partial charge on any atom is -0.491 e. The molecule has 0 unspecified atom stereocenters. The summed E-state index contributed by atoms with van der Waals surface area (Å²) in [4.78, 5) is 11.7. The topological polar surface area (TPSA) is 108 Å². The summed E-state index contributed by atoms with van der Waals surface area (Å²) in [6.07, 6.45) is 8.83. The van der Waals surface area contributed by atoms with E-state index in [4.69, 9.17) is 38.9 Å². The second-order valence-electron chi connectivity index (χ2n) is 8.57. The number of carbonyl (C=O) groups excluding carboxylic acids is 1. The molecule has 37 heavy (non-hydrogen) atoms. The average molecular weight is 528 g/mol. The predicted molar refractivity (Wildman–Crippen MR) is 144 cm³/mol. The first-order chi connectivity index (χ1) is 18.2. The van der Waals surface area contributed by atoms with Crippen LogP contribution in [0.5, 0.6) is 5.75 Å². The Bertz CT molecular complexity index is 629. The van der Waals surface area contributed by atoms with E-state index in [9.17, 15) is 4.79 Å². The lowest BCUT2D eigenvalue weighted by atomic mass is 10.1. The van der Waals surface area contributed by atoms with Gasteiger partial charge in [-0.3, -0.25) is 4.79 Å². The van der Waals surface area contributed by atoms with Crippen LogP contribution in [0.1, 0.15) is 58.3 Å². The van der Waals surface area contributed by atoms with Crippen molar-refractivity contribution in [2.75, 3.05) is 85.0 Å². The fourth-order valence-electron chi connectivity index (χ4n) is 3.28. The van der Waals surface area contributed by atoms with Crippen molar-refractivity contribution in [1.29, 1.82) is 0 Å². The summed E-state index contributed by atoms with van der Waals surface area (Å²) in [5.74, 6) is 0.636. The smallest absolute Gasteiger partial charge is 0.305 e.